The highest BCUT2D eigenvalue weighted by Crippen LogP contribution is 2.31. The second-order valence-electron chi connectivity index (χ2n) is 5.52. The molecule has 23 heavy (non-hydrogen) atoms. The van der Waals surface area contributed by atoms with Gasteiger partial charge in [-0.15, -0.1) is 0 Å². The number of halogens is 3. The Morgan fingerprint density at radius 3 is 2.30 bits per heavy atom. The van der Waals surface area contributed by atoms with Crippen LogP contribution in [0.1, 0.15) is 19.0 Å². The molecule has 0 atom stereocenters. The van der Waals surface area contributed by atoms with E-state index >= 15 is 0 Å². The van der Waals surface area contributed by atoms with Gasteiger partial charge in [0.25, 0.3) is 0 Å². The maximum Gasteiger partial charge on any atom is 0.433 e. The first-order chi connectivity index (χ1) is 10.7. The summed E-state index contributed by atoms with van der Waals surface area (Å²) in [5.41, 5.74) is -0.960. The van der Waals surface area contributed by atoms with Crippen molar-refractivity contribution < 1.29 is 18.0 Å². The zero-order valence-electron chi connectivity index (χ0n) is 13.4. The van der Waals surface area contributed by atoms with Gasteiger partial charge in [-0.05, 0) is 0 Å². The van der Waals surface area contributed by atoms with Crippen LogP contribution in [0, 0.1) is 0 Å². The van der Waals surface area contributed by atoms with E-state index in [0.717, 1.165) is 6.07 Å². The number of amides is 1. The largest absolute Gasteiger partial charge is 0.433 e. The van der Waals surface area contributed by atoms with E-state index in [-0.39, 0.29) is 17.7 Å². The summed E-state index contributed by atoms with van der Waals surface area (Å²) in [6.07, 6.45) is -4.10. The van der Waals surface area contributed by atoms with Crippen LogP contribution in [0.5, 0.6) is 0 Å². The fourth-order valence-corrected chi connectivity index (χ4v) is 2.32. The lowest BCUT2D eigenvalue weighted by Crippen LogP contribution is -2.49. The topological polar surface area (TPSA) is 52.6 Å². The lowest BCUT2D eigenvalue weighted by molar-refractivity contribution is -0.141. The summed E-state index contributed by atoms with van der Waals surface area (Å²) in [4.78, 5) is 24.4. The van der Waals surface area contributed by atoms with E-state index in [1.54, 1.807) is 30.8 Å². The first kappa shape index (κ1) is 17.3. The van der Waals surface area contributed by atoms with E-state index in [9.17, 15) is 18.0 Å². The van der Waals surface area contributed by atoms with Crippen molar-refractivity contribution >= 4 is 17.7 Å². The Balaban J connectivity index is 2.23. The fourth-order valence-electron chi connectivity index (χ4n) is 2.32. The molecule has 0 bridgehead atoms. The molecule has 1 aromatic rings. The number of carbonyl (C=O) groups is 1. The minimum Gasteiger partial charge on any atom is -0.363 e. The van der Waals surface area contributed by atoms with Gasteiger partial charge < -0.3 is 14.7 Å². The Morgan fingerprint density at radius 2 is 1.83 bits per heavy atom. The van der Waals surface area contributed by atoms with Crippen molar-refractivity contribution in [2.24, 2.45) is 0 Å². The molecule has 0 aliphatic carbocycles. The first-order valence-electron chi connectivity index (χ1n) is 7.38. The minimum absolute atomic E-state index is 0.0450. The van der Waals surface area contributed by atoms with Gasteiger partial charge in [0.1, 0.15) is 5.82 Å². The molecule has 1 aliphatic rings. The Kier molecular flexibility index (Phi) is 4.96. The van der Waals surface area contributed by atoms with E-state index in [1.807, 2.05) is 0 Å². The average molecular weight is 331 g/mol. The summed E-state index contributed by atoms with van der Waals surface area (Å²) in [5, 5.41) is 0. The van der Waals surface area contributed by atoms with Crippen molar-refractivity contribution in [2.75, 3.05) is 50.1 Å². The predicted molar refractivity (Wildman–Crippen MR) is 80.4 cm³/mol. The van der Waals surface area contributed by atoms with Gasteiger partial charge in [0, 0.05) is 52.8 Å². The molecule has 0 saturated carbocycles. The highest BCUT2D eigenvalue weighted by Gasteiger charge is 2.35. The molecule has 2 rings (SSSR count). The van der Waals surface area contributed by atoms with Crippen LogP contribution in [0.2, 0.25) is 0 Å². The fraction of sp³-hybridized carbons (Fsp3) is 0.643. The molecule has 1 amide bonds. The third-order valence-corrected chi connectivity index (χ3v) is 3.67. The zero-order chi connectivity index (χ0) is 17.2. The van der Waals surface area contributed by atoms with Gasteiger partial charge in [-0.3, -0.25) is 4.79 Å². The molecule has 2 heterocycles. The summed E-state index contributed by atoms with van der Waals surface area (Å²) < 4.78 is 39.0. The molecule has 1 aromatic heterocycles. The number of rotatable bonds is 3. The van der Waals surface area contributed by atoms with E-state index in [1.165, 1.54) is 4.90 Å². The summed E-state index contributed by atoms with van der Waals surface area (Å²) >= 11 is 0. The van der Waals surface area contributed by atoms with Crippen LogP contribution in [-0.4, -0.2) is 61.0 Å². The molecule has 0 N–H and O–H groups in total. The number of hydrogen-bond donors (Lipinski definition) is 0. The number of hydrogen-bond acceptors (Lipinski definition) is 5. The molecule has 1 saturated heterocycles. The van der Waals surface area contributed by atoms with Crippen LogP contribution in [0.25, 0.3) is 0 Å². The van der Waals surface area contributed by atoms with Gasteiger partial charge in [-0.1, -0.05) is 6.92 Å². The van der Waals surface area contributed by atoms with E-state index in [2.05, 4.69) is 9.97 Å². The summed E-state index contributed by atoms with van der Waals surface area (Å²) in [5.74, 6) is 0.296. The van der Waals surface area contributed by atoms with Gasteiger partial charge >= 0.3 is 6.18 Å². The van der Waals surface area contributed by atoms with Crippen molar-refractivity contribution in [3.05, 3.63) is 11.8 Å². The zero-order valence-corrected chi connectivity index (χ0v) is 13.4. The Morgan fingerprint density at radius 1 is 1.22 bits per heavy atom. The summed E-state index contributed by atoms with van der Waals surface area (Å²) in [6, 6.07) is 0.931. The van der Waals surface area contributed by atoms with E-state index in [0.29, 0.717) is 32.6 Å². The van der Waals surface area contributed by atoms with Crippen LogP contribution < -0.4 is 9.80 Å². The van der Waals surface area contributed by atoms with Gasteiger partial charge in [-0.25, -0.2) is 4.98 Å². The number of anilines is 2. The highest BCUT2D eigenvalue weighted by atomic mass is 19.4. The number of piperazine rings is 1. The molecule has 0 unspecified atom stereocenters. The van der Waals surface area contributed by atoms with E-state index < -0.39 is 11.9 Å². The monoisotopic (exact) mass is 331 g/mol. The van der Waals surface area contributed by atoms with Crippen molar-refractivity contribution in [2.45, 2.75) is 19.5 Å². The Bertz CT molecular complexity index is 568. The van der Waals surface area contributed by atoms with Crippen LogP contribution in [0.4, 0.5) is 24.9 Å². The molecule has 6 nitrogen and oxygen atoms in total. The molecule has 1 fully saturated rings. The van der Waals surface area contributed by atoms with Crippen molar-refractivity contribution in [1.29, 1.82) is 0 Å². The number of nitrogens with zero attached hydrogens (tertiary/aromatic N) is 5. The van der Waals surface area contributed by atoms with Gasteiger partial charge in [0.05, 0.1) is 0 Å². The SMILES string of the molecule is CCC(=O)N1CCN(c2nc(N(C)C)cc(C(F)(F)F)n2)CC1. The highest BCUT2D eigenvalue weighted by molar-refractivity contribution is 5.76. The van der Waals surface area contributed by atoms with Crippen molar-refractivity contribution in [1.82, 2.24) is 14.9 Å². The smallest absolute Gasteiger partial charge is 0.363 e. The molecule has 128 valence electrons. The maximum absolute atomic E-state index is 13.0. The van der Waals surface area contributed by atoms with Crippen molar-refractivity contribution in [3.63, 3.8) is 0 Å². The number of alkyl halides is 3. The van der Waals surface area contributed by atoms with Crippen LogP contribution in [-0.2, 0) is 11.0 Å². The number of carbonyl (C=O) groups excluding carboxylic acids is 1. The summed E-state index contributed by atoms with van der Waals surface area (Å²) in [6.45, 7) is 3.54. The molecule has 1 aliphatic heterocycles. The summed E-state index contributed by atoms with van der Waals surface area (Å²) in [7, 11) is 3.26. The average Bonchev–Trinajstić information content (AvgIpc) is 2.53. The minimum atomic E-state index is -4.53. The van der Waals surface area contributed by atoms with Gasteiger partial charge in [0.2, 0.25) is 11.9 Å². The number of aromatic nitrogens is 2. The Labute approximate surface area is 132 Å². The predicted octanol–water partition coefficient (Wildman–Crippen LogP) is 1.62. The van der Waals surface area contributed by atoms with Crippen LogP contribution >= 0.6 is 0 Å². The molecule has 0 spiro atoms. The second-order valence-corrected chi connectivity index (χ2v) is 5.52. The second kappa shape index (κ2) is 6.59. The standard InChI is InChI=1S/C14H20F3N5O/c1-4-12(23)21-5-7-22(8-6-21)13-18-10(14(15,16)17)9-11(19-13)20(2)3/h9H,4-8H2,1-3H3. The quantitative estimate of drug-likeness (QED) is 0.842. The third kappa shape index (κ3) is 4.02. The third-order valence-electron chi connectivity index (χ3n) is 3.67. The van der Waals surface area contributed by atoms with Crippen LogP contribution in [0.3, 0.4) is 0 Å². The Hall–Kier alpha value is -2.06. The molecular formula is C14H20F3N5O. The lowest BCUT2D eigenvalue weighted by Gasteiger charge is -2.35. The lowest BCUT2D eigenvalue weighted by atomic mass is 10.3. The normalized spacial score (nSPS) is 15.7. The molecular weight excluding hydrogens is 311 g/mol. The molecule has 9 heteroatoms. The van der Waals surface area contributed by atoms with Crippen LogP contribution in [0.15, 0.2) is 6.07 Å². The molecule has 0 aromatic carbocycles. The van der Waals surface area contributed by atoms with Gasteiger partial charge in [0.15, 0.2) is 5.69 Å². The molecule has 0 radical (unpaired) electrons. The maximum atomic E-state index is 13.0. The van der Waals surface area contributed by atoms with Crippen molar-refractivity contribution in [3.8, 4) is 0 Å². The van der Waals surface area contributed by atoms with Gasteiger partial charge in [-0.2, -0.15) is 18.2 Å². The van der Waals surface area contributed by atoms with E-state index in [4.69, 9.17) is 0 Å². The first-order valence-corrected chi connectivity index (χ1v) is 7.38.